The molecule has 0 saturated carbocycles. The van der Waals surface area contributed by atoms with Gasteiger partial charge in [0.1, 0.15) is 0 Å². The second-order valence-corrected chi connectivity index (χ2v) is 4.59. The third-order valence-corrected chi connectivity index (χ3v) is 3.22. The van der Waals surface area contributed by atoms with E-state index in [1.807, 2.05) is 6.92 Å². The van der Waals surface area contributed by atoms with E-state index in [9.17, 15) is 0 Å². The zero-order chi connectivity index (χ0) is 12.9. The average Bonchev–Trinajstić information content (AvgIpc) is 2.36. The van der Waals surface area contributed by atoms with Crippen molar-refractivity contribution in [3.05, 3.63) is 0 Å². The van der Waals surface area contributed by atoms with Gasteiger partial charge in [-0.2, -0.15) is 0 Å². The van der Waals surface area contributed by atoms with E-state index in [2.05, 4.69) is 31.0 Å². The molecule has 0 aromatic carbocycles. The third kappa shape index (κ3) is 9.57. The highest BCUT2D eigenvalue weighted by Crippen LogP contribution is 2.04. The SMILES string of the molecule is CCCCN(CCNCCOCC)C(C)CC. The maximum Gasteiger partial charge on any atom is 0.0590 e. The highest BCUT2D eigenvalue weighted by atomic mass is 16.5. The summed E-state index contributed by atoms with van der Waals surface area (Å²) in [6.07, 6.45) is 3.83. The predicted octanol–water partition coefficient (Wildman–Crippen LogP) is 2.51. The Morgan fingerprint density at radius 3 is 2.47 bits per heavy atom. The highest BCUT2D eigenvalue weighted by Gasteiger charge is 2.10. The van der Waals surface area contributed by atoms with Crippen molar-refractivity contribution < 1.29 is 4.74 Å². The van der Waals surface area contributed by atoms with Gasteiger partial charge in [-0.3, -0.25) is 4.90 Å². The van der Waals surface area contributed by atoms with Gasteiger partial charge in [-0.15, -0.1) is 0 Å². The summed E-state index contributed by atoms with van der Waals surface area (Å²) < 4.78 is 5.30. The normalized spacial score (nSPS) is 13.2. The molecule has 3 nitrogen and oxygen atoms in total. The van der Waals surface area contributed by atoms with Gasteiger partial charge in [0, 0.05) is 32.3 Å². The lowest BCUT2D eigenvalue weighted by Gasteiger charge is -2.28. The molecule has 0 aliphatic rings. The molecule has 1 unspecified atom stereocenters. The van der Waals surface area contributed by atoms with Crippen LogP contribution < -0.4 is 5.32 Å². The van der Waals surface area contributed by atoms with Crippen molar-refractivity contribution in [2.75, 3.05) is 39.4 Å². The fourth-order valence-electron chi connectivity index (χ4n) is 1.81. The zero-order valence-electron chi connectivity index (χ0n) is 12.3. The lowest BCUT2D eigenvalue weighted by molar-refractivity contribution is 0.146. The molecule has 0 heterocycles. The summed E-state index contributed by atoms with van der Waals surface area (Å²) in [5.74, 6) is 0. The Bertz CT molecular complexity index is 153. The van der Waals surface area contributed by atoms with Crippen molar-refractivity contribution in [1.29, 1.82) is 0 Å². The Morgan fingerprint density at radius 1 is 1.12 bits per heavy atom. The van der Waals surface area contributed by atoms with Gasteiger partial charge in [0.25, 0.3) is 0 Å². The fourth-order valence-corrected chi connectivity index (χ4v) is 1.81. The number of nitrogens with one attached hydrogen (secondary N) is 1. The molecule has 17 heavy (non-hydrogen) atoms. The van der Waals surface area contributed by atoms with Gasteiger partial charge >= 0.3 is 0 Å². The van der Waals surface area contributed by atoms with Crippen molar-refractivity contribution in [3.63, 3.8) is 0 Å². The minimum atomic E-state index is 0.704. The Labute approximate surface area is 108 Å². The Morgan fingerprint density at radius 2 is 1.88 bits per heavy atom. The zero-order valence-corrected chi connectivity index (χ0v) is 12.3. The Hall–Kier alpha value is -0.120. The second kappa shape index (κ2) is 12.3. The standard InChI is InChI=1S/C14H32N2O/c1-5-8-11-16(14(4)6-2)12-9-15-10-13-17-7-3/h14-15H,5-13H2,1-4H3. The molecule has 0 fully saturated rings. The molecule has 0 amide bonds. The molecule has 0 aromatic heterocycles. The molecule has 0 rings (SSSR count). The maximum absolute atomic E-state index is 5.30. The minimum absolute atomic E-state index is 0.704. The molecular formula is C14H32N2O. The molecule has 0 radical (unpaired) electrons. The van der Waals surface area contributed by atoms with Crippen LogP contribution in [0.5, 0.6) is 0 Å². The van der Waals surface area contributed by atoms with E-state index in [4.69, 9.17) is 4.74 Å². The van der Waals surface area contributed by atoms with E-state index < -0.39 is 0 Å². The number of unbranched alkanes of at least 4 members (excludes halogenated alkanes) is 1. The second-order valence-electron chi connectivity index (χ2n) is 4.59. The van der Waals surface area contributed by atoms with Crippen LogP contribution in [-0.2, 0) is 4.74 Å². The molecule has 0 aromatic rings. The van der Waals surface area contributed by atoms with Crippen molar-refractivity contribution in [2.45, 2.75) is 53.0 Å². The summed E-state index contributed by atoms with van der Waals surface area (Å²) in [7, 11) is 0. The van der Waals surface area contributed by atoms with Crippen LogP contribution in [0.2, 0.25) is 0 Å². The van der Waals surface area contributed by atoms with Gasteiger partial charge in [-0.1, -0.05) is 20.3 Å². The van der Waals surface area contributed by atoms with E-state index in [-0.39, 0.29) is 0 Å². The number of ether oxygens (including phenoxy) is 1. The summed E-state index contributed by atoms with van der Waals surface area (Å²) in [6, 6.07) is 0.704. The van der Waals surface area contributed by atoms with E-state index in [1.165, 1.54) is 25.8 Å². The smallest absolute Gasteiger partial charge is 0.0590 e. The van der Waals surface area contributed by atoms with Crippen LogP contribution in [0.1, 0.15) is 47.0 Å². The van der Waals surface area contributed by atoms with Crippen LogP contribution in [0.15, 0.2) is 0 Å². The predicted molar refractivity (Wildman–Crippen MR) is 75.6 cm³/mol. The molecule has 0 aliphatic heterocycles. The van der Waals surface area contributed by atoms with Gasteiger partial charge < -0.3 is 10.1 Å². The monoisotopic (exact) mass is 244 g/mol. The van der Waals surface area contributed by atoms with Crippen molar-refractivity contribution in [3.8, 4) is 0 Å². The van der Waals surface area contributed by atoms with Crippen molar-refractivity contribution in [2.24, 2.45) is 0 Å². The lowest BCUT2D eigenvalue weighted by Crippen LogP contribution is -2.39. The lowest BCUT2D eigenvalue weighted by atomic mass is 10.2. The first-order valence-corrected chi connectivity index (χ1v) is 7.28. The molecule has 0 spiro atoms. The summed E-state index contributed by atoms with van der Waals surface area (Å²) in [5, 5.41) is 3.44. The molecule has 0 bridgehead atoms. The summed E-state index contributed by atoms with van der Waals surface area (Å²) in [5.41, 5.74) is 0. The van der Waals surface area contributed by atoms with Gasteiger partial charge in [0.05, 0.1) is 6.61 Å². The van der Waals surface area contributed by atoms with Gasteiger partial charge in [-0.25, -0.2) is 0 Å². The van der Waals surface area contributed by atoms with E-state index in [1.54, 1.807) is 0 Å². The van der Waals surface area contributed by atoms with Gasteiger partial charge in [0.15, 0.2) is 0 Å². The largest absolute Gasteiger partial charge is 0.380 e. The van der Waals surface area contributed by atoms with Crippen LogP contribution in [0.4, 0.5) is 0 Å². The Kier molecular flexibility index (Phi) is 12.3. The summed E-state index contributed by atoms with van der Waals surface area (Å²) >= 11 is 0. The van der Waals surface area contributed by atoms with Crippen LogP contribution in [0, 0.1) is 0 Å². The van der Waals surface area contributed by atoms with Crippen LogP contribution in [0.25, 0.3) is 0 Å². The third-order valence-electron chi connectivity index (χ3n) is 3.22. The molecule has 3 heteroatoms. The number of rotatable bonds is 12. The average molecular weight is 244 g/mol. The number of hydrogen-bond acceptors (Lipinski definition) is 3. The van der Waals surface area contributed by atoms with E-state index >= 15 is 0 Å². The fraction of sp³-hybridized carbons (Fsp3) is 1.00. The minimum Gasteiger partial charge on any atom is -0.380 e. The van der Waals surface area contributed by atoms with Gasteiger partial charge in [-0.05, 0) is 33.2 Å². The summed E-state index contributed by atoms with van der Waals surface area (Å²) in [6.45, 7) is 15.0. The highest BCUT2D eigenvalue weighted by molar-refractivity contribution is 4.66. The van der Waals surface area contributed by atoms with Gasteiger partial charge in [0.2, 0.25) is 0 Å². The Balaban J connectivity index is 3.60. The van der Waals surface area contributed by atoms with Crippen molar-refractivity contribution >= 4 is 0 Å². The first kappa shape index (κ1) is 16.9. The number of nitrogens with zero attached hydrogens (tertiary/aromatic N) is 1. The van der Waals surface area contributed by atoms with Crippen LogP contribution >= 0.6 is 0 Å². The quantitative estimate of drug-likeness (QED) is 0.534. The first-order valence-electron chi connectivity index (χ1n) is 7.28. The topological polar surface area (TPSA) is 24.5 Å². The van der Waals surface area contributed by atoms with Crippen LogP contribution in [0.3, 0.4) is 0 Å². The molecule has 1 N–H and O–H groups in total. The molecule has 104 valence electrons. The molecule has 1 atom stereocenters. The summed E-state index contributed by atoms with van der Waals surface area (Å²) in [4.78, 5) is 2.59. The van der Waals surface area contributed by atoms with E-state index in [0.717, 1.165) is 32.8 Å². The molecular weight excluding hydrogens is 212 g/mol. The first-order chi connectivity index (χ1) is 8.26. The molecule has 0 aliphatic carbocycles. The maximum atomic E-state index is 5.30. The van der Waals surface area contributed by atoms with Crippen molar-refractivity contribution in [1.82, 2.24) is 10.2 Å². The number of hydrogen-bond donors (Lipinski definition) is 1. The van der Waals surface area contributed by atoms with E-state index in [0.29, 0.717) is 6.04 Å². The van der Waals surface area contributed by atoms with Crippen LogP contribution in [-0.4, -0.2) is 50.3 Å². The molecule has 0 saturated heterocycles.